The van der Waals surface area contributed by atoms with Crippen molar-refractivity contribution in [1.29, 1.82) is 0 Å². The first kappa shape index (κ1) is 26.1. The number of hydrogen-bond acceptors (Lipinski definition) is 4. The van der Waals surface area contributed by atoms with Crippen molar-refractivity contribution in [3.8, 4) is 0 Å². The average Bonchev–Trinajstić information content (AvgIpc) is 2.65. The van der Waals surface area contributed by atoms with Crippen LogP contribution in [-0.4, -0.2) is 25.1 Å². The molecule has 172 valence electrons. The smallest absolute Gasteiger partial charge is 0.187 e. The molecule has 0 saturated heterocycles. The van der Waals surface area contributed by atoms with Crippen LogP contribution in [0.2, 0.25) is 5.02 Å². The van der Waals surface area contributed by atoms with Gasteiger partial charge in [-0.2, -0.15) is 0 Å². The summed E-state index contributed by atoms with van der Waals surface area (Å²) >= 11 is 6.08. The quantitative estimate of drug-likeness (QED) is 0.478. The lowest BCUT2D eigenvalue weighted by Gasteiger charge is -2.21. The van der Waals surface area contributed by atoms with Gasteiger partial charge in [0.2, 0.25) is 0 Å². The normalized spacial score (nSPS) is 12.3. The van der Waals surface area contributed by atoms with Crippen molar-refractivity contribution in [3.05, 3.63) is 69.0 Å². The molecule has 0 amide bonds. The van der Waals surface area contributed by atoms with E-state index in [0.29, 0.717) is 11.3 Å². The monoisotopic (exact) mass is 475 g/mol. The molecule has 0 aliphatic rings. The molecule has 2 rings (SSSR count). The summed E-state index contributed by atoms with van der Waals surface area (Å²) in [5.41, 5.74) is 2.17. The molecule has 7 heteroatoms. The van der Waals surface area contributed by atoms with E-state index in [1.807, 2.05) is 27.7 Å². The fraction of sp³-hybridized carbons (Fsp3) is 0.440. The van der Waals surface area contributed by atoms with Crippen LogP contribution in [0, 0.1) is 6.57 Å². The van der Waals surface area contributed by atoms with Crippen LogP contribution in [0.1, 0.15) is 75.6 Å². The number of carbonyl (C=O) groups excluding carboxylic acids is 1. The minimum Gasteiger partial charge on any atom is -0.386 e. The lowest BCUT2D eigenvalue weighted by atomic mass is 9.86. The zero-order valence-corrected chi connectivity index (χ0v) is 20.9. The average molecular weight is 476 g/mol. The van der Waals surface area contributed by atoms with E-state index in [2.05, 4.69) is 4.85 Å². The van der Waals surface area contributed by atoms with Crippen LogP contribution in [0.3, 0.4) is 0 Å². The molecule has 0 aromatic heterocycles. The zero-order valence-electron chi connectivity index (χ0n) is 19.4. The highest BCUT2D eigenvalue weighted by Crippen LogP contribution is 2.33. The van der Waals surface area contributed by atoms with Gasteiger partial charge in [0.1, 0.15) is 5.75 Å². The van der Waals surface area contributed by atoms with Gasteiger partial charge < -0.3 is 5.11 Å². The highest BCUT2D eigenvalue weighted by molar-refractivity contribution is 7.92. The van der Waals surface area contributed by atoms with Gasteiger partial charge in [0, 0.05) is 11.4 Å². The molecular weight excluding hydrogens is 446 g/mol. The molecule has 0 spiro atoms. The number of carbonyl (C=O) groups is 1. The van der Waals surface area contributed by atoms with E-state index in [9.17, 15) is 18.3 Å². The van der Waals surface area contributed by atoms with E-state index in [4.69, 9.17) is 18.2 Å². The topological polar surface area (TPSA) is 75.8 Å². The highest BCUT2D eigenvalue weighted by Gasteiger charge is 2.26. The highest BCUT2D eigenvalue weighted by atomic mass is 35.5. The number of aliphatic hydroxyl groups is 1. The molecule has 0 saturated carbocycles. The third-order valence-corrected chi connectivity index (χ3v) is 7.21. The van der Waals surface area contributed by atoms with Crippen LogP contribution in [-0.2, 0) is 26.7 Å². The number of ketones is 1. The third-order valence-electron chi connectivity index (χ3n) is 5.34. The summed E-state index contributed by atoms with van der Waals surface area (Å²) in [5, 5.41) is 10.4. The summed E-state index contributed by atoms with van der Waals surface area (Å²) in [4.78, 5) is 16.4. The van der Waals surface area contributed by atoms with Gasteiger partial charge >= 0.3 is 0 Å². The predicted octanol–water partition coefficient (Wildman–Crippen LogP) is 5.95. The maximum absolute atomic E-state index is 13.0. The van der Waals surface area contributed by atoms with Crippen LogP contribution in [0.5, 0.6) is 0 Å². The van der Waals surface area contributed by atoms with Crippen molar-refractivity contribution in [2.75, 3.05) is 5.75 Å². The Balaban J connectivity index is 2.43. The van der Waals surface area contributed by atoms with Gasteiger partial charge in [-0.05, 0) is 55.0 Å². The Morgan fingerprint density at radius 2 is 1.59 bits per heavy atom. The molecule has 0 unspecified atom stereocenters. The Morgan fingerprint density at radius 3 is 2.03 bits per heavy atom. The predicted molar refractivity (Wildman–Crippen MR) is 128 cm³/mol. The number of sulfone groups is 1. The Morgan fingerprint density at radius 1 is 1.06 bits per heavy atom. The van der Waals surface area contributed by atoms with E-state index in [0.717, 1.165) is 16.7 Å². The number of hydrogen-bond donors (Lipinski definition) is 1. The van der Waals surface area contributed by atoms with Gasteiger partial charge in [0.05, 0.1) is 17.1 Å². The second-order valence-electron chi connectivity index (χ2n) is 9.23. The first-order valence-electron chi connectivity index (χ1n) is 10.5. The van der Waals surface area contributed by atoms with Crippen molar-refractivity contribution >= 4 is 32.9 Å². The van der Waals surface area contributed by atoms with Crippen LogP contribution in [0.25, 0.3) is 4.85 Å². The number of Topliss-reactive ketones (excluding diaryl/α,β-unsaturated/α-hetero) is 1. The van der Waals surface area contributed by atoms with Gasteiger partial charge in [0.25, 0.3) is 0 Å². The molecule has 2 aromatic carbocycles. The molecule has 0 fully saturated rings. The minimum absolute atomic E-state index is 0.0303. The SMILES string of the molecule is [C-]#[N+]c1cc(C(C)C)c(CC(=O)CS(=O)(=O)c2cc(Cl)cc(C(C)(C)O)c2)c(C(C)C)c1. The fourth-order valence-corrected chi connectivity index (χ4v) is 5.24. The Kier molecular flexibility index (Phi) is 7.93. The van der Waals surface area contributed by atoms with Crippen LogP contribution < -0.4 is 0 Å². The van der Waals surface area contributed by atoms with Gasteiger partial charge in [0.15, 0.2) is 21.3 Å². The summed E-state index contributed by atoms with van der Waals surface area (Å²) in [5.74, 6) is -0.945. The van der Waals surface area contributed by atoms with Crippen molar-refractivity contribution in [2.24, 2.45) is 0 Å². The molecule has 5 nitrogen and oxygen atoms in total. The van der Waals surface area contributed by atoms with E-state index in [1.54, 1.807) is 12.1 Å². The molecule has 0 heterocycles. The summed E-state index contributed by atoms with van der Waals surface area (Å²) in [6.45, 7) is 18.4. The Hall–Kier alpha value is -2.20. The standard InChI is InChI=1S/C25H30ClNO4S/c1-15(2)22-11-19(27-7)12-23(16(3)4)24(22)13-20(28)14-32(30,31)21-9-17(25(5,6)29)8-18(26)10-21/h8-12,15-16,29H,13-14H2,1-6H3. The molecule has 1 N–H and O–H groups in total. The first-order chi connectivity index (χ1) is 14.7. The third kappa shape index (κ3) is 6.19. The molecule has 0 aliphatic carbocycles. The van der Waals surface area contributed by atoms with Crippen molar-refractivity contribution in [1.82, 2.24) is 0 Å². The second-order valence-corrected chi connectivity index (χ2v) is 11.7. The molecule has 0 radical (unpaired) electrons. The molecule has 0 aliphatic heterocycles. The zero-order chi connectivity index (χ0) is 24.4. The Bertz CT molecular complexity index is 1140. The van der Waals surface area contributed by atoms with Crippen LogP contribution in [0.15, 0.2) is 35.2 Å². The second kappa shape index (κ2) is 9.74. The number of nitrogens with zero attached hydrogens (tertiary/aromatic N) is 1. The molecule has 0 atom stereocenters. The summed E-state index contributed by atoms with van der Waals surface area (Å²) < 4.78 is 26.0. The van der Waals surface area contributed by atoms with E-state index >= 15 is 0 Å². The minimum atomic E-state index is -3.96. The number of rotatable bonds is 8. The van der Waals surface area contributed by atoms with Gasteiger partial charge in [-0.25, -0.2) is 13.3 Å². The van der Waals surface area contributed by atoms with Crippen molar-refractivity contribution in [3.63, 3.8) is 0 Å². The van der Waals surface area contributed by atoms with E-state index in [-0.39, 0.29) is 28.2 Å². The van der Waals surface area contributed by atoms with Gasteiger partial charge in [-0.1, -0.05) is 62.6 Å². The maximum atomic E-state index is 13.0. The lowest BCUT2D eigenvalue weighted by molar-refractivity contribution is -0.116. The number of benzene rings is 2. The fourth-order valence-electron chi connectivity index (χ4n) is 3.64. The van der Waals surface area contributed by atoms with Crippen molar-refractivity contribution in [2.45, 2.75) is 70.3 Å². The van der Waals surface area contributed by atoms with E-state index in [1.165, 1.54) is 32.0 Å². The molecule has 2 aromatic rings. The lowest BCUT2D eigenvalue weighted by Crippen LogP contribution is -2.21. The molecular formula is C25H30ClNO4S. The molecule has 32 heavy (non-hydrogen) atoms. The largest absolute Gasteiger partial charge is 0.386 e. The van der Waals surface area contributed by atoms with E-state index < -0.39 is 27.0 Å². The Labute approximate surface area is 196 Å². The maximum Gasteiger partial charge on any atom is 0.187 e. The van der Waals surface area contributed by atoms with Gasteiger partial charge in [-0.3, -0.25) is 4.79 Å². The summed E-state index contributed by atoms with van der Waals surface area (Å²) in [7, 11) is -3.96. The van der Waals surface area contributed by atoms with Crippen LogP contribution >= 0.6 is 11.6 Å². The van der Waals surface area contributed by atoms with Crippen LogP contribution in [0.4, 0.5) is 5.69 Å². The van der Waals surface area contributed by atoms with Gasteiger partial charge in [-0.15, -0.1) is 0 Å². The summed E-state index contributed by atoms with van der Waals surface area (Å²) in [6, 6.07) is 7.73. The van der Waals surface area contributed by atoms with Crippen molar-refractivity contribution < 1.29 is 18.3 Å². The first-order valence-corrected chi connectivity index (χ1v) is 12.5. The number of halogens is 1. The molecule has 0 bridgehead atoms. The summed E-state index contributed by atoms with van der Waals surface area (Å²) in [6.07, 6.45) is -0.0303.